The van der Waals surface area contributed by atoms with E-state index in [0.29, 0.717) is 32.6 Å². The molecule has 0 aliphatic heterocycles. The maximum atomic E-state index is 5.21. The second-order valence-corrected chi connectivity index (χ2v) is 14.3. The van der Waals surface area contributed by atoms with Gasteiger partial charge in [0.1, 0.15) is 13.0 Å². The zero-order chi connectivity index (χ0) is 30.8. The van der Waals surface area contributed by atoms with Crippen molar-refractivity contribution in [2.75, 3.05) is 13.1 Å². The third-order valence-corrected chi connectivity index (χ3v) is 7.00. The van der Waals surface area contributed by atoms with E-state index < -0.39 is 0 Å². The summed E-state index contributed by atoms with van der Waals surface area (Å²) in [5, 5.41) is 0. The van der Waals surface area contributed by atoms with Gasteiger partial charge in [0.15, 0.2) is 0 Å². The second kappa shape index (κ2) is 30.2. The molecule has 0 saturated heterocycles. The zero-order valence-corrected chi connectivity index (χ0v) is 39.5. The van der Waals surface area contributed by atoms with Crippen LogP contribution in [0.3, 0.4) is 0 Å². The largest absolute Gasteiger partial charge is 1.00 e. The molecule has 43 heavy (non-hydrogen) atoms. The van der Waals surface area contributed by atoms with E-state index in [0.717, 1.165) is 30.5 Å². The third kappa shape index (κ3) is 26.8. The van der Waals surface area contributed by atoms with Crippen LogP contribution in [0, 0.1) is 11.8 Å². The molecular weight excluding hydrogens is 676 g/mol. The number of nitrogens with zero attached hydrogens (tertiary/aromatic N) is 3. The van der Waals surface area contributed by atoms with Gasteiger partial charge in [0.2, 0.25) is 0 Å². The number of hydrogen-bond donors (Lipinski definition) is 3. The summed E-state index contributed by atoms with van der Waals surface area (Å²) in [7, 11) is 0. The van der Waals surface area contributed by atoms with Crippen LogP contribution in [-0.4, -0.2) is 52.8 Å². The standard InChI is InChI=1S/C15H15NS2.C9H19NS2.C7H15NS2.3Na.3H/c17-15(18)16(11-13-7-3-1-4-8-13)12-14-9-5-2-6-10-14;1-7(2)5-10(9(11)12)6-8(3)4;1-5(2)8(6(3)4)7(9)10;;;;;;/h1-10H,11-12H2,(H,17,18);7-8H,5-6H2,1-4H3,(H,11,12);5-6H,1-4H3,(H,9,10);;;;;;/q;;;3*+1;3*-1. The van der Waals surface area contributed by atoms with Crippen LogP contribution in [-0.2, 0) is 13.1 Å². The Kier molecular flexibility index (Phi) is 36.6. The minimum absolute atomic E-state index is 0. The summed E-state index contributed by atoms with van der Waals surface area (Å²) in [6.45, 7) is 20.8. The van der Waals surface area contributed by atoms with Gasteiger partial charge >= 0.3 is 88.7 Å². The van der Waals surface area contributed by atoms with E-state index in [1.165, 1.54) is 11.1 Å². The molecular formula is C31H52N3Na3S6. The molecule has 3 nitrogen and oxygen atoms in total. The predicted molar refractivity (Wildman–Crippen MR) is 204 cm³/mol. The van der Waals surface area contributed by atoms with Crippen LogP contribution in [0.15, 0.2) is 60.7 Å². The van der Waals surface area contributed by atoms with Crippen molar-refractivity contribution >= 4 is 87.5 Å². The first-order valence-electron chi connectivity index (χ1n) is 13.7. The van der Waals surface area contributed by atoms with Crippen molar-refractivity contribution in [1.82, 2.24) is 14.7 Å². The van der Waals surface area contributed by atoms with Crippen LogP contribution < -0.4 is 88.7 Å². The van der Waals surface area contributed by atoms with Crippen molar-refractivity contribution in [3.63, 3.8) is 0 Å². The maximum absolute atomic E-state index is 5.21. The van der Waals surface area contributed by atoms with E-state index in [2.05, 4.69) is 132 Å². The van der Waals surface area contributed by atoms with E-state index >= 15 is 0 Å². The molecule has 0 saturated carbocycles. The van der Waals surface area contributed by atoms with Crippen molar-refractivity contribution in [3.8, 4) is 0 Å². The summed E-state index contributed by atoms with van der Waals surface area (Å²) in [5.41, 5.74) is 2.48. The smallest absolute Gasteiger partial charge is 1.00 e. The van der Waals surface area contributed by atoms with Crippen molar-refractivity contribution < 1.29 is 93.0 Å². The molecule has 0 amide bonds. The maximum Gasteiger partial charge on any atom is 1.00 e. The van der Waals surface area contributed by atoms with Crippen LogP contribution in [0.25, 0.3) is 0 Å². The summed E-state index contributed by atoms with van der Waals surface area (Å²) < 4.78 is 2.03. The molecule has 2 rings (SSSR count). The summed E-state index contributed by atoms with van der Waals surface area (Å²) in [5.74, 6) is 1.29. The van der Waals surface area contributed by atoms with E-state index in [4.69, 9.17) is 36.7 Å². The Morgan fingerprint density at radius 1 is 0.558 bits per heavy atom. The van der Waals surface area contributed by atoms with Gasteiger partial charge < -0.3 is 19.0 Å². The molecule has 0 spiro atoms. The normalized spacial score (nSPS) is 9.74. The minimum Gasteiger partial charge on any atom is -1.00 e. The molecule has 0 unspecified atom stereocenters. The first-order chi connectivity index (χ1) is 18.6. The number of thiocarbonyl (C=S) groups is 3. The monoisotopic (exact) mass is 727 g/mol. The first kappa shape index (κ1) is 52.0. The Morgan fingerprint density at radius 2 is 0.860 bits per heavy atom. The molecule has 12 heteroatoms. The molecule has 0 atom stereocenters. The Morgan fingerprint density at radius 3 is 1.05 bits per heavy atom. The fourth-order valence-corrected chi connectivity index (χ4v) is 5.42. The molecule has 0 bridgehead atoms. The number of benzene rings is 2. The van der Waals surface area contributed by atoms with Crippen LogP contribution in [0.1, 0.15) is 70.8 Å². The van der Waals surface area contributed by atoms with Gasteiger partial charge in [0, 0.05) is 38.3 Å². The molecule has 0 aromatic heterocycles. The molecule has 2 aromatic rings. The molecule has 0 heterocycles. The predicted octanol–water partition coefficient (Wildman–Crippen LogP) is 0.388. The van der Waals surface area contributed by atoms with Gasteiger partial charge in [-0.1, -0.05) is 125 Å². The van der Waals surface area contributed by atoms with E-state index in [-0.39, 0.29) is 93.0 Å². The fourth-order valence-electron chi connectivity index (χ4n) is 3.95. The Balaban J connectivity index is -0.0000000977. The van der Waals surface area contributed by atoms with Gasteiger partial charge in [-0.25, -0.2) is 0 Å². The average Bonchev–Trinajstić information content (AvgIpc) is 2.84. The Hall–Kier alpha value is 2.16. The Labute approximate surface area is 367 Å². The Bertz CT molecular complexity index is 953. The molecule has 0 fully saturated rings. The molecule has 0 radical (unpaired) electrons. The topological polar surface area (TPSA) is 9.72 Å². The van der Waals surface area contributed by atoms with Crippen molar-refractivity contribution in [3.05, 3.63) is 71.8 Å². The van der Waals surface area contributed by atoms with Gasteiger partial charge in [-0.3, -0.25) is 0 Å². The molecule has 2 aromatic carbocycles. The van der Waals surface area contributed by atoms with Crippen molar-refractivity contribution in [1.29, 1.82) is 0 Å². The number of rotatable bonds is 10. The van der Waals surface area contributed by atoms with Crippen LogP contribution in [0.4, 0.5) is 0 Å². The summed E-state index contributed by atoms with van der Waals surface area (Å²) >= 11 is 27.8. The number of hydrogen-bond acceptors (Lipinski definition) is 3. The van der Waals surface area contributed by atoms with Gasteiger partial charge in [0.05, 0.1) is 0 Å². The first-order valence-corrected chi connectivity index (χ1v) is 16.3. The molecule has 230 valence electrons. The van der Waals surface area contributed by atoms with E-state index in [1.54, 1.807) is 0 Å². The van der Waals surface area contributed by atoms with Crippen molar-refractivity contribution in [2.45, 2.75) is 80.6 Å². The van der Waals surface area contributed by atoms with Gasteiger partial charge in [0.25, 0.3) is 0 Å². The molecule has 0 N–H and O–H groups in total. The van der Waals surface area contributed by atoms with E-state index in [1.807, 2.05) is 36.4 Å². The fraction of sp³-hybridized carbons (Fsp3) is 0.516. The van der Waals surface area contributed by atoms with Crippen molar-refractivity contribution in [2.24, 2.45) is 11.8 Å². The van der Waals surface area contributed by atoms with Crippen LogP contribution in [0.2, 0.25) is 0 Å². The molecule has 0 aliphatic carbocycles. The SMILES string of the molecule is CC(C)CN(CC(C)C)C(=S)S.CC(C)N(C(=S)S)C(C)C.S=C(S)N(Cc1ccccc1)Cc1ccccc1.[H-].[H-].[H-].[Na+].[Na+].[Na+]. The summed E-state index contributed by atoms with van der Waals surface area (Å²) in [6, 6.07) is 21.5. The average molecular weight is 728 g/mol. The van der Waals surface area contributed by atoms with Gasteiger partial charge in [-0.15, -0.1) is 37.9 Å². The minimum atomic E-state index is 0. The third-order valence-electron chi connectivity index (χ3n) is 5.48. The zero-order valence-electron chi connectivity index (χ0n) is 31.3. The van der Waals surface area contributed by atoms with Gasteiger partial charge in [-0.2, -0.15) is 0 Å². The summed E-state index contributed by atoms with van der Waals surface area (Å²) in [6.07, 6.45) is 0. The van der Waals surface area contributed by atoms with Gasteiger partial charge in [-0.05, 0) is 50.7 Å². The van der Waals surface area contributed by atoms with Crippen LogP contribution >= 0.6 is 74.5 Å². The number of thiol groups is 3. The quantitative estimate of drug-likeness (QED) is 0.185. The second-order valence-electron chi connectivity index (χ2n) is 11.0. The van der Waals surface area contributed by atoms with E-state index in [9.17, 15) is 0 Å². The van der Waals surface area contributed by atoms with Crippen LogP contribution in [0.5, 0.6) is 0 Å². The molecule has 0 aliphatic rings. The summed E-state index contributed by atoms with van der Waals surface area (Å²) in [4.78, 5) is 6.34.